The minimum atomic E-state index is -0.186. The van der Waals surface area contributed by atoms with Crippen molar-refractivity contribution in [3.8, 4) is 5.75 Å². The third kappa shape index (κ3) is 5.97. The molecule has 7 heteroatoms. The molecular formula is C16H20N2O4S. The number of amides is 1. The molecule has 1 N–H and O–H groups in total. The summed E-state index contributed by atoms with van der Waals surface area (Å²) in [7, 11) is 1.62. The van der Waals surface area contributed by atoms with Crippen LogP contribution in [0.5, 0.6) is 5.75 Å². The van der Waals surface area contributed by atoms with Gasteiger partial charge in [-0.3, -0.25) is 4.79 Å². The number of thiazole rings is 1. The van der Waals surface area contributed by atoms with E-state index in [1.54, 1.807) is 30.8 Å². The summed E-state index contributed by atoms with van der Waals surface area (Å²) in [5.74, 6) is 0.354. The van der Waals surface area contributed by atoms with Crippen LogP contribution in [0.1, 0.15) is 16.1 Å². The van der Waals surface area contributed by atoms with Gasteiger partial charge in [0, 0.05) is 19.0 Å². The van der Waals surface area contributed by atoms with Gasteiger partial charge in [-0.2, -0.15) is 0 Å². The van der Waals surface area contributed by atoms with Crippen LogP contribution in [0.25, 0.3) is 0 Å². The maximum absolute atomic E-state index is 12.2. The van der Waals surface area contributed by atoms with Gasteiger partial charge in [0.15, 0.2) is 0 Å². The van der Waals surface area contributed by atoms with E-state index in [2.05, 4.69) is 10.3 Å². The number of para-hydroxylation sites is 1. The van der Waals surface area contributed by atoms with Crippen molar-refractivity contribution in [3.05, 3.63) is 46.4 Å². The van der Waals surface area contributed by atoms with Crippen LogP contribution in [0.2, 0.25) is 0 Å². The van der Waals surface area contributed by atoms with Crippen molar-refractivity contribution < 1.29 is 19.0 Å². The summed E-state index contributed by atoms with van der Waals surface area (Å²) >= 11 is 1.51. The molecule has 0 fully saturated rings. The highest BCUT2D eigenvalue weighted by molar-refractivity contribution is 7.07. The number of rotatable bonds is 10. The first-order chi connectivity index (χ1) is 11.3. The van der Waals surface area contributed by atoms with Gasteiger partial charge < -0.3 is 19.5 Å². The lowest BCUT2D eigenvalue weighted by Gasteiger charge is -2.11. The van der Waals surface area contributed by atoms with Gasteiger partial charge in [-0.15, -0.1) is 11.3 Å². The zero-order valence-electron chi connectivity index (χ0n) is 13.0. The average Bonchev–Trinajstić information content (AvgIpc) is 3.09. The maximum Gasteiger partial charge on any atom is 0.255 e. The maximum atomic E-state index is 12.2. The third-order valence-corrected chi connectivity index (χ3v) is 3.59. The summed E-state index contributed by atoms with van der Waals surface area (Å²) in [6.07, 6.45) is 0. The Balaban J connectivity index is 1.82. The lowest BCUT2D eigenvalue weighted by molar-refractivity contribution is 0.0692. The quantitative estimate of drug-likeness (QED) is 0.673. The molecule has 0 unspecified atom stereocenters. The number of hydrogen-bond donors (Lipinski definition) is 1. The van der Waals surface area contributed by atoms with Gasteiger partial charge in [-0.25, -0.2) is 4.98 Å². The van der Waals surface area contributed by atoms with Crippen LogP contribution in [0, 0.1) is 0 Å². The van der Waals surface area contributed by atoms with Crippen LogP contribution in [-0.2, 0) is 16.1 Å². The molecule has 0 bridgehead atoms. The molecule has 1 aromatic carbocycles. The van der Waals surface area contributed by atoms with E-state index in [9.17, 15) is 4.79 Å². The Bertz CT molecular complexity index is 590. The van der Waals surface area contributed by atoms with E-state index in [-0.39, 0.29) is 5.91 Å². The molecule has 1 heterocycles. The van der Waals surface area contributed by atoms with Crippen LogP contribution in [-0.4, -0.2) is 44.4 Å². The van der Waals surface area contributed by atoms with E-state index in [1.165, 1.54) is 11.3 Å². The van der Waals surface area contributed by atoms with Crippen LogP contribution < -0.4 is 10.1 Å². The van der Waals surface area contributed by atoms with Crippen molar-refractivity contribution in [2.24, 2.45) is 0 Å². The van der Waals surface area contributed by atoms with E-state index >= 15 is 0 Å². The zero-order chi connectivity index (χ0) is 16.3. The largest absolute Gasteiger partial charge is 0.486 e. The lowest BCUT2D eigenvalue weighted by atomic mass is 10.2. The van der Waals surface area contributed by atoms with E-state index < -0.39 is 0 Å². The minimum absolute atomic E-state index is 0.186. The molecule has 1 aromatic heterocycles. The molecule has 124 valence electrons. The molecule has 2 rings (SSSR count). The predicted molar refractivity (Wildman–Crippen MR) is 87.9 cm³/mol. The summed E-state index contributed by atoms with van der Waals surface area (Å²) < 4.78 is 15.9. The van der Waals surface area contributed by atoms with E-state index in [0.29, 0.717) is 44.3 Å². The summed E-state index contributed by atoms with van der Waals surface area (Å²) in [4.78, 5) is 16.4. The number of nitrogens with zero attached hydrogens (tertiary/aromatic N) is 1. The molecule has 6 nitrogen and oxygen atoms in total. The number of nitrogens with one attached hydrogen (secondary N) is 1. The zero-order valence-corrected chi connectivity index (χ0v) is 13.8. The molecule has 0 spiro atoms. The number of benzene rings is 1. The van der Waals surface area contributed by atoms with Gasteiger partial charge in [0.1, 0.15) is 12.4 Å². The number of aromatic nitrogens is 1. The van der Waals surface area contributed by atoms with E-state index in [1.807, 2.05) is 11.4 Å². The number of carbonyl (C=O) groups excluding carboxylic acids is 1. The number of hydrogen-bond acceptors (Lipinski definition) is 6. The first kappa shape index (κ1) is 17.4. The molecule has 2 aromatic rings. The van der Waals surface area contributed by atoms with Gasteiger partial charge in [-0.05, 0) is 12.1 Å². The second-order valence-corrected chi connectivity index (χ2v) is 5.34. The van der Waals surface area contributed by atoms with Gasteiger partial charge in [0.25, 0.3) is 5.91 Å². The number of carbonyl (C=O) groups is 1. The van der Waals surface area contributed by atoms with E-state index in [4.69, 9.17) is 14.2 Å². The molecule has 0 atom stereocenters. The van der Waals surface area contributed by atoms with Crippen molar-refractivity contribution >= 4 is 17.2 Å². The molecular weight excluding hydrogens is 316 g/mol. The highest BCUT2D eigenvalue weighted by Crippen LogP contribution is 2.19. The fourth-order valence-corrected chi connectivity index (χ4v) is 2.36. The summed E-state index contributed by atoms with van der Waals surface area (Å²) in [5.41, 5.74) is 3.09. The fraction of sp³-hybridized carbons (Fsp3) is 0.375. The van der Waals surface area contributed by atoms with Crippen molar-refractivity contribution in [1.29, 1.82) is 0 Å². The summed E-state index contributed by atoms with van der Waals surface area (Å²) in [5, 5.41) is 4.73. The summed E-state index contributed by atoms with van der Waals surface area (Å²) in [6, 6.07) is 7.15. The second kappa shape index (κ2) is 9.94. The van der Waals surface area contributed by atoms with Crippen LogP contribution in [0.3, 0.4) is 0 Å². The van der Waals surface area contributed by atoms with Gasteiger partial charge >= 0.3 is 0 Å². The average molecular weight is 336 g/mol. The molecule has 1 amide bonds. The minimum Gasteiger partial charge on any atom is -0.486 e. The molecule has 0 aliphatic rings. The molecule has 0 radical (unpaired) electrons. The van der Waals surface area contributed by atoms with Gasteiger partial charge in [0.05, 0.1) is 36.6 Å². The molecule has 0 saturated heterocycles. The Hall–Kier alpha value is -1.96. The molecule has 0 saturated carbocycles. The van der Waals surface area contributed by atoms with Crippen molar-refractivity contribution in [2.75, 3.05) is 33.5 Å². The number of ether oxygens (including phenoxy) is 3. The summed E-state index contributed by atoms with van der Waals surface area (Å²) in [6.45, 7) is 2.27. The Morgan fingerprint density at radius 2 is 2.13 bits per heavy atom. The first-order valence-electron chi connectivity index (χ1n) is 7.25. The normalized spacial score (nSPS) is 10.5. The fourth-order valence-electron chi connectivity index (χ4n) is 1.82. The number of methoxy groups -OCH3 is 1. The van der Waals surface area contributed by atoms with E-state index in [0.717, 1.165) is 5.69 Å². The Labute approximate surface area is 139 Å². The molecule has 23 heavy (non-hydrogen) atoms. The Morgan fingerprint density at radius 1 is 1.26 bits per heavy atom. The molecule has 0 aliphatic carbocycles. The SMILES string of the molecule is COCCOCCNC(=O)c1ccccc1OCc1cscn1. The van der Waals surface area contributed by atoms with Crippen LogP contribution >= 0.6 is 11.3 Å². The molecule has 0 aliphatic heterocycles. The smallest absolute Gasteiger partial charge is 0.255 e. The van der Waals surface area contributed by atoms with Crippen LogP contribution in [0.15, 0.2) is 35.2 Å². The second-order valence-electron chi connectivity index (χ2n) is 4.63. The van der Waals surface area contributed by atoms with Crippen molar-refractivity contribution in [2.45, 2.75) is 6.61 Å². The highest BCUT2D eigenvalue weighted by Gasteiger charge is 2.12. The van der Waals surface area contributed by atoms with Crippen LogP contribution in [0.4, 0.5) is 0 Å². The van der Waals surface area contributed by atoms with Gasteiger partial charge in [0.2, 0.25) is 0 Å². The standard InChI is InChI=1S/C16H20N2O4S/c1-20-8-9-21-7-6-17-16(19)14-4-2-3-5-15(14)22-10-13-11-23-12-18-13/h2-5,11-12H,6-10H2,1H3,(H,17,19). The first-order valence-corrected chi connectivity index (χ1v) is 8.19. The van der Waals surface area contributed by atoms with Crippen molar-refractivity contribution in [1.82, 2.24) is 10.3 Å². The topological polar surface area (TPSA) is 69.7 Å². The van der Waals surface area contributed by atoms with Gasteiger partial charge in [-0.1, -0.05) is 12.1 Å². The monoisotopic (exact) mass is 336 g/mol. The predicted octanol–water partition coefficient (Wildman–Crippen LogP) is 2.11. The lowest BCUT2D eigenvalue weighted by Crippen LogP contribution is -2.28. The third-order valence-electron chi connectivity index (χ3n) is 2.95. The highest BCUT2D eigenvalue weighted by atomic mass is 32.1. The Kier molecular flexibility index (Phi) is 7.51. The van der Waals surface area contributed by atoms with Crippen molar-refractivity contribution in [3.63, 3.8) is 0 Å². The Morgan fingerprint density at radius 3 is 2.91 bits per heavy atom.